The van der Waals surface area contributed by atoms with Crippen LogP contribution in [0.1, 0.15) is 17.5 Å². The predicted molar refractivity (Wildman–Crippen MR) is 71.9 cm³/mol. The lowest BCUT2D eigenvalue weighted by atomic mass is 10.1. The molecule has 100 valence electrons. The Morgan fingerprint density at radius 1 is 1.05 bits per heavy atom. The van der Waals surface area contributed by atoms with Crippen LogP contribution in [0.4, 0.5) is 0 Å². The van der Waals surface area contributed by atoms with Gasteiger partial charge in [-0.2, -0.15) is 0 Å². The average molecular weight is 259 g/mol. The molecule has 0 aliphatic carbocycles. The Hall–Kier alpha value is -2.10. The number of benzene rings is 1. The summed E-state index contributed by atoms with van der Waals surface area (Å²) in [7, 11) is 0. The molecule has 1 aliphatic rings. The molecule has 0 spiro atoms. The molecular weight excluding hydrogens is 242 g/mol. The Balaban J connectivity index is 1.82. The molecule has 1 heterocycles. The standard InChI is InChI=1S/C15H17NO3/c1-11-5-3-6-12(2)15(11)19-10-4-9-16-13(17)7-8-14(16)18/h3,5-8H,4,9-10H2,1-2H3. The summed E-state index contributed by atoms with van der Waals surface area (Å²) in [6.45, 7) is 4.89. The van der Waals surface area contributed by atoms with Gasteiger partial charge in [0.15, 0.2) is 0 Å². The molecule has 0 N–H and O–H groups in total. The lowest BCUT2D eigenvalue weighted by Gasteiger charge is -2.15. The summed E-state index contributed by atoms with van der Waals surface area (Å²) >= 11 is 0. The number of imide groups is 1. The molecule has 2 rings (SSSR count). The second kappa shape index (κ2) is 5.69. The third-order valence-corrected chi connectivity index (χ3v) is 3.08. The van der Waals surface area contributed by atoms with Crippen LogP contribution in [0.25, 0.3) is 0 Å². The van der Waals surface area contributed by atoms with Crippen LogP contribution in [-0.2, 0) is 9.59 Å². The van der Waals surface area contributed by atoms with Gasteiger partial charge < -0.3 is 4.74 Å². The van der Waals surface area contributed by atoms with Crippen molar-refractivity contribution >= 4 is 11.8 Å². The molecule has 19 heavy (non-hydrogen) atoms. The summed E-state index contributed by atoms with van der Waals surface area (Å²) in [5.74, 6) is 0.411. The summed E-state index contributed by atoms with van der Waals surface area (Å²) in [5.41, 5.74) is 2.19. The average Bonchev–Trinajstić information content (AvgIpc) is 2.68. The third kappa shape index (κ3) is 3.02. The first-order valence-electron chi connectivity index (χ1n) is 6.32. The molecule has 0 saturated carbocycles. The van der Waals surface area contributed by atoms with Crippen molar-refractivity contribution in [3.8, 4) is 5.75 Å². The van der Waals surface area contributed by atoms with Gasteiger partial charge in [-0.05, 0) is 31.4 Å². The Morgan fingerprint density at radius 3 is 2.21 bits per heavy atom. The molecule has 0 fully saturated rings. The van der Waals surface area contributed by atoms with Gasteiger partial charge in [-0.25, -0.2) is 0 Å². The number of carbonyl (C=O) groups is 2. The van der Waals surface area contributed by atoms with E-state index in [0.29, 0.717) is 19.6 Å². The fourth-order valence-corrected chi connectivity index (χ4v) is 2.08. The zero-order valence-electron chi connectivity index (χ0n) is 11.2. The largest absolute Gasteiger partial charge is 0.493 e. The van der Waals surface area contributed by atoms with E-state index in [2.05, 4.69) is 0 Å². The monoisotopic (exact) mass is 259 g/mol. The minimum absolute atomic E-state index is 0.239. The molecule has 0 radical (unpaired) electrons. The first-order valence-corrected chi connectivity index (χ1v) is 6.32. The van der Waals surface area contributed by atoms with Crippen molar-refractivity contribution in [2.75, 3.05) is 13.2 Å². The Kier molecular flexibility index (Phi) is 4.00. The number of hydrogen-bond donors (Lipinski definition) is 0. The van der Waals surface area contributed by atoms with Gasteiger partial charge in [0, 0.05) is 18.7 Å². The number of hydrogen-bond acceptors (Lipinski definition) is 3. The van der Waals surface area contributed by atoms with E-state index in [1.807, 2.05) is 32.0 Å². The van der Waals surface area contributed by atoms with Crippen molar-refractivity contribution in [3.63, 3.8) is 0 Å². The second-order valence-electron chi connectivity index (χ2n) is 4.58. The molecule has 4 nitrogen and oxygen atoms in total. The zero-order chi connectivity index (χ0) is 13.8. The van der Waals surface area contributed by atoms with Crippen molar-refractivity contribution in [1.82, 2.24) is 4.90 Å². The fourth-order valence-electron chi connectivity index (χ4n) is 2.08. The van der Waals surface area contributed by atoms with Crippen LogP contribution in [0.2, 0.25) is 0 Å². The summed E-state index contributed by atoms with van der Waals surface area (Å²) in [4.78, 5) is 23.9. The van der Waals surface area contributed by atoms with Gasteiger partial charge in [0.1, 0.15) is 5.75 Å². The van der Waals surface area contributed by atoms with Crippen LogP contribution in [-0.4, -0.2) is 29.9 Å². The molecule has 0 saturated heterocycles. The highest BCUT2D eigenvalue weighted by molar-refractivity contribution is 6.12. The number of carbonyl (C=O) groups excluding carboxylic acids is 2. The van der Waals surface area contributed by atoms with Gasteiger partial charge in [0.25, 0.3) is 11.8 Å². The SMILES string of the molecule is Cc1cccc(C)c1OCCCN1C(=O)C=CC1=O. The van der Waals surface area contributed by atoms with Crippen molar-refractivity contribution in [1.29, 1.82) is 0 Å². The second-order valence-corrected chi connectivity index (χ2v) is 4.58. The highest BCUT2D eigenvalue weighted by atomic mass is 16.5. The molecule has 0 atom stereocenters. The van der Waals surface area contributed by atoms with Crippen molar-refractivity contribution in [2.45, 2.75) is 20.3 Å². The summed E-state index contributed by atoms with van der Waals surface area (Å²) in [6.07, 6.45) is 3.23. The molecule has 1 aliphatic heterocycles. The van der Waals surface area contributed by atoms with Crippen LogP contribution >= 0.6 is 0 Å². The van der Waals surface area contributed by atoms with Crippen molar-refractivity contribution < 1.29 is 14.3 Å². The molecule has 1 aromatic carbocycles. The molecule has 1 aromatic rings. The van der Waals surface area contributed by atoms with E-state index in [-0.39, 0.29) is 11.8 Å². The van der Waals surface area contributed by atoms with Crippen LogP contribution in [0, 0.1) is 13.8 Å². The minimum Gasteiger partial charge on any atom is -0.493 e. The van der Waals surface area contributed by atoms with Crippen LogP contribution in [0.15, 0.2) is 30.4 Å². The maximum absolute atomic E-state index is 11.3. The van der Waals surface area contributed by atoms with Crippen LogP contribution < -0.4 is 4.74 Å². The van der Waals surface area contributed by atoms with E-state index in [9.17, 15) is 9.59 Å². The highest BCUT2D eigenvalue weighted by Crippen LogP contribution is 2.22. The van der Waals surface area contributed by atoms with Gasteiger partial charge >= 0.3 is 0 Å². The van der Waals surface area contributed by atoms with Crippen molar-refractivity contribution in [3.05, 3.63) is 41.5 Å². The minimum atomic E-state index is -0.239. The maximum atomic E-state index is 11.3. The topological polar surface area (TPSA) is 46.6 Å². The fraction of sp³-hybridized carbons (Fsp3) is 0.333. The van der Waals surface area contributed by atoms with Gasteiger partial charge in [-0.3, -0.25) is 14.5 Å². The van der Waals surface area contributed by atoms with E-state index in [0.717, 1.165) is 16.9 Å². The number of amides is 2. The lowest BCUT2D eigenvalue weighted by Crippen LogP contribution is -2.31. The molecule has 0 aromatic heterocycles. The van der Waals surface area contributed by atoms with Crippen LogP contribution in [0.3, 0.4) is 0 Å². The number of aryl methyl sites for hydroxylation is 2. The number of rotatable bonds is 5. The van der Waals surface area contributed by atoms with Crippen LogP contribution in [0.5, 0.6) is 5.75 Å². The van der Waals surface area contributed by atoms with E-state index < -0.39 is 0 Å². The first kappa shape index (κ1) is 13.3. The summed E-state index contributed by atoms with van der Waals surface area (Å²) < 4.78 is 5.73. The third-order valence-electron chi connectivity index (χ3n) is 3.08. The normalized spacial score (nSPS) is 14.3. The Morgan fingerprint density at radius 2 is 1.63 bits per heavy atom. The van der Waals surface area contributed by atoms with Gasteiger partial charge in [0.05, 0.1) is 6.61 Å². The Bertz CT molecular complexity index is 496. The lowest BCUT2D eigenvalue weighted by molar-refractivity contribution is -0.136. The molecule has 4 heteroatoms. The van der Waals surface area contributed by atoms with E-state index in [1.54, 1.807) is 0 Å². The van der Waals surface area contributed by atoms with E-state index in [1.165, 1.54) is 17.1 Å². The Labute approximate surface area is 112 Å². The maximum Gasteiger partial charge on any atom is 0.253 e. The summed E-state index contributed by atoms with van der Waals surface area (Å²) in [6, 6.07) is 5.99. The van der Waals surface area contributed by atoms with Crippen molar-refractivity contribution in [2.24, 2.45) is 0 Å². The smallest absolute Gasteiger partial charge is 0.253 e. The van der Waals surface area contributed by atoms with Gasteiger partial charge in [-0.15, -0.1) is 0 Å². The number of nitrogens with zero attached hydrogens (tertiary/aromatic N) is 1. The highest BCUT2D eigenvalue weighted by Gasteiger charge is 2.22. The van der Waals surface area contributed by atoms with Gasteiger partial charge in [-0.1, -0.05) is 18.2 Å². The molecule has 2 amide bonds. The van der Waals surface area contributed by atoms with Gasteiger partial charge in [0.2, 0.25) is 0 Å². The number of ether oxygens (including phenoxy) is 1. The quantitative estimate of drug-likeness (QED) is 0.600. The molecular formula is C15H17NO3. The molecule has 0 bridgehead atoms. The predicted octanol–water partition coefficient (Wildman–Crippen LogP) is 2.00. The summed E-state index contributed by atoms with van der Waals surface area (Å²) in [5, 5.41) is 0. The van der Waals surface area contributed by atoms with E-state index >= 15 is 0 Å². The number of para-hydroxylation sites is 1. The zero-order valence-corrected chi connectivity index (χ0v) is 11.2. The first-order chi connectivity index (χ1) is 9.09. The molecule has 0 unspecified atom stereocenters. The van der Waals surface area contributed by atoms with E-state index in [4.69, 9.17) is 4.74 Å².